The van der Waals surface area contributed by atoms with Gasteiger partial charge < -0.3 is 9.84 Å². The minimum atomic E-state index is -3.59. The number of halogens is 1. The number of aliphatic carboxylic acids is 1. The summed E-state index contributed by atoms with van der Waals surface area (Å²) in [5, 5.41) is 9.41. The van der Waals surface area contributed by atoms with Gasteiger partial charge in [0.1, 0.15) is 0 Å². The number of carbonyl (C=O) groups is 1. The Bertz CT molecular complexity index is 876. The van der Waals surface area contributed by atoms with Gasteiger partial charge in [-0.05, 0) is 68.0 Å². The second-order valence-electron chi connectivity index (χ2n) is 6.88. The quantitative estimate of drug-likeness (QED) is 0.422. The van der Waals surface area contributed by atoms with Gasteiger partial charge in [-0.2, -0.15) is 0 Å². The number of nitrogens with zero attached hydrogens (tertiary/aromatic N) is 1. The fourth-order valence-electron chi connectivity index (χ4n) is 2.90. The average Bonchev–Trinajstić information content (AvgIpc) is 2.72. The molecule has 0 aliphatic heterocycles. The van der Waals surface area contributed by atoms with E-state index in [2.05, 4.69) is 9.71 Å². The molecule has 2 aromatic rings. The second-order valence-corrected chi connectivity index (χ2v) is 9.09. The molecular weight excluding hydrogens is 428 g/mol. The van der Waals surface area contributed by atoms with Crippen LogP contribution in [0.1, 0.15) is 37.7 Å². The molecule has 1 unspecified atom stereocenters. The molecule has 9 heteroatoms. The highest BCUT2D eigenvalue weighted by molar-refractivity contribution is 7.89. The van der Waals surface area contributed by atoms with Gasteiger partial charge in [0.05, 0.1) is 11.0 Å². The summed E-state index contributed by atoms with van der Waals surface area (Å²) in [5.74, 6) is -0.855. The predicted octanol–water partition coefficient (Wildman–Crippen LogP) is 3.68. The van der Waals surface area contributed by atoms with Crippen molar-refractivity contribution in [3.05, 3.63) is 59.4 Å². The number of pyridine rings is 1. The number of hydrogen-bond acceptors (Lipinski definition) is 5. The number of aromatic nitrogens is 1. The molecule has 2 rings (SSSR count). The lowest BCUT2D eigenvalue weighted by molar-refractivity contribution is -0.137. The van der Waals surface area contributed by atoms with Crippen LogP contribution < -0.4 is 4.72 Å². The molecular formula is C21H27ClN2O5S. The fourth-order valence-corrected chi connectivity index (χ4v) is 4.10. The van der Waals surface area contributed by atoms with E-state index in [0.717, 1.165) is 24.8 Å². The summed E-state index contributed by atoms with van der Waals surface area (Å²) in [6, 6.07) is 9.85. The van der Waals surface area contributed by atoms with E-state index in [1.165, 1.54) is 24.3 Å². The summed E-state index contributed by atoms with van der Waals surface area (Å²) in [7, 11) is -3.59. The highest BCUT2D eigenvalue weighted by atomic mass is 35.5. The minimum absolute atomic E-state index is 0.0424. The van der Waals surface area contributed by atoms with Gasteiger partial charge in [-0.1, -0.05) is 17.7 Å². The zero-order valence-corrected chi connectivity index (χ0v) is 18.2. The number of aryl methyl sites for hydroxylation is 1. The monoisotopic (exact) mass is 454 g/mol. The van der Waals surface area contributed by atoms with E-state index in [-0.39, 0.29) is 24.0 Å². The number of carboxylic acid groups (broad SMARTS) is 1. The third-order valence-corrected chi connectivity index (χ3v) is 6.21. The molecule has 1 heterocycles. The molecule has 0 saturated carbocycles. The summed E-state index contributed by atoms with van der Waals surface area (Å²) < 4.78 is 32.8. The number of ether oxygens (including phenoxy) is 1. The van der Waals surface area contributed by atoms with Crippen molar-refractivity contribution in [3.63, 3.8) is 0 Å². The zero-order valence-electron chi connectivity index (χ0n) is 16.7. The first-order valence-electron chi connectivity index (χ1n) is 9.84. The zero-order chi connectivity index (χ0) is 21.8. The van der Waals surface area contributed by atoms with Crippen LogP contribution in [0.4, 0.5) is 0 Å². The molecule has 1 atom stereocenters. The summed E-state index contributed by atoms with van der Waals surface area (Å²) >= 11 is 5.78. The highest BCUT2D eigenvalue weighted by Crippen LogP contribution is 2.15. The number of carboxylic acids is 1. The van der Waals surface area contributed by atoms with Crippen LogP contribution >= 0.6 is 11.6 Å². The Labute approximate surface area is 182 Å². The summed E-state index contributed by atoms with van der Waals surface area (Å²) in [6.07, 6.45) is 6.77. The number of benzene rings is 1. The molecule has 7 nitrogen and oxygen atoms in total. The van der Waals surface area contributed by atoms with Crippen LogP contribution in [0.25, 0.3) is 0 Å². The van der Waals surface area contributed by atoms with Crippen molar-refractivity contribution in [2.24, 2.45) is 0 Å². The Morgan fingerprint density at radius 2 is 1.93 bits per heavy atom. The van der Waals surface area contributed by atoms with Crippen molar-refractivity contribution in [2.45, 2.75) is 49.5 Å². The van der Waals surface area contributed by atoms with Gasteiger partial charge in [-0.15, -0.1) is 0 Å². The maximum Gasteiger partial charge on any atom is 0.303 e. The first kappa shape index (κ1) is 24.3. The van der Waals surface area contributed by atoms with Crippen LogP contribution in [0.3, 0.4) is 0 Å². The molecule has 2 N–H and O–H groups in total. The van der Waals surface area contributed by atoms with E-state index in [1.807, 2.05) is 18.3 Å². The lowest BCUT2D eigenvalue weighted by Gasteiger charge is -2.17. The van der Waals surface area contributed by atoms with E-state index in [1.54, 1.807) is 6.20 Å². The Hall–Kier alpha value is -2.00. The molecule has 0 aliphatic carbocycles. The first-order chi connectivity index (χ1) is 14.4. The molecule has 1 aromatic heterocycles. The van der Waals surface area contributed by atoms with Crippen LogP contribution in [0.2, 0.25) is 5.02 Å². The van der Waals surface area contributed by atoms with Crippen molar-refractivity contribution in [1.29, 1.82) is 0 Å². The summed E-state index contributed by atoms with van der Waals surface area (Å²) in [5.41, 5.74) is 1.13. The third kappa shape index (κ3) is 9.21. The van der Waals surface area contributed by atoms with E-state index in [4.69, 9.17) is 21.4 Å². The Balaban J connectivity index is 1.73. The maximum atomic E-state index is 12.2. The van der Waals surface area contributed by atoms with Gasteiger partial charge in [-0.25, -0.2) is 13.1 Å². The number of hydrogen-bond donors (Lipinski definition) is 2. The van der Waals surface area contributed by atoms with Gasteiger partial charge in [0.15, 0.2) is 0 Å². The lowest BCUT2D eigenvalue weighted by atomic mass is 10.0. The topological polar surface area (TPSA) is 106 Å². The molecule has 0 aliphatic rings. The van der Waals surface area contributed by atoms with Crippen molar-refractivity contribution >= 4 is 27.6 Å². The van der Waals surface area contributed by atoms with Crippen LogP contribution in [0.15, 0.2) is 53.7 Å². The third-order valence-electron chi connectivity index (χ3n) is 4.49. The molecule has 0 saturated heterocycles. The second kappa shape index (κ2) is 12.6. The van der Waals surface area contributed by atoms with E-state index < -0.39 is 16.0 Å². The molecule has 30 heavy (non-hydrogen) atoms. The normalized spacial score (nSPS) is 12.6. The van der Waals surface area contributed by atoms with Gasteiger partial charge in [0.2, 0.25) is 10.0 Å². The summed E-state index contributed by atoms with van der Waals surface area (Å²) in [4.78, 5) is 15.1. The maximum absolute atomic E-state index is 12.2. The predicted molar refractivity (Wildman–Crippen MR) is 115 cm³/mol. The highest BCUT2D eigenvalue weighted by Gasteiger charge is 2.14. The van der Waals surface area contributed by atoms with Crippen LogP contribution in [0.5, 0.6) is 0 Å². The lowest BCUT2D eigenvalue weighted by Crippen LogP contribution is -2.26. The SMILES string of the molecule is O=C(O)CCC(CCCc1cccnc1)OCCCNS(=O)(=O)c1ccc(Cl)cc1. The molecule has 0 spiro atoms. The van der Waals surface area contributed by atoms with Crippen LogP contribution in [-0.2, 0) is 26.0 Å². The number of nitrogens with one attached hydrogen (secondary N) is 1. The van der Waals surface area contributed by atoms with Gasteiger partial charge in [0, 0.05) is 37.0 Å². The summed E-state index contributed by atoms with van der Waals surface area (Å²) in [6.45, 7) is 0.576. The molecule has 0 fully saturated rings. The Kier molecular flexibility index (Phi) is 10.2. The van der Waals surface area contributed by atoms with Crippen molar-refractivity contribution in [2.75, 3.05) is 13.2 Å². The van der Waals surface area contributed by atoms with Crippen molar-refractivity contribution < 1.29 is 23.1 Å². The fraction of sp³-hybridized carbons (Fsp3) is 0.429. The van der Waals surface area contributed by atoms with E-state index in [0.29, 0.717) is 24.5 Å². The smallest absolute Gasteiger partial charge is 0.303 e. The molecule has 164 valence electrons. The molecule has 0 radical (unpaired) electrons. The molecule has 0 bridgehead atoms. The molecule has 1 aromatic carbocycles. The van der Waals surface area contributed by atoms with E-state index >= 15 is 0 Å². The number of rotatable bonds is 14. The van der Waals surface area contributed by atoms with Crippen LogP contribution in [-0.4, -0.2) is 43.7 Å². The van der Waals surface area contributed by atoms with Gasteiger partial charge >= 0.3 is 5.97 Å². The van der Waals surface area contributed by atoms with Gasteiger partial charge in [-0.3, -0.25) is 9.78 Å². The van der Waals surface area contributed by atoms with Crippen LogP contribution in [0, 0.1) is 0 Å². The van der Waals surface area contributed by atoms with Crippen molar-refractivity contribution in [3.8, 4) is 0 Å². The molecule has 0 amide bonds. The Morgan fingerprint density at radius 3 is 2.60 bits per heavy atom. The Morgan fingerprint density at radius 1 is 1.17 bits per heavy atom. The standard InChI is InChI=1S/C21H27ClN2O5S/c22-18-7-10-20(11-8-18)30(27,28)24-14-3-15-29-19(9-12-21(25)26)6-1-4-17-5-2-13-23-16-17/h2,5,7-8,10-11,13,16,19,24H,1,3-4,6,9,12,14-15H2,(H,25,26). The largest absolute Gasteiger partial charge is 0.481 e. The average molecular weight is 455 g/mol. The first-order valence-corrected chi connectivity index (χ1v) is 11.7. The van der Waals surface area contributed by atoms with Gasteiger partial charge in [0.25, 0.3) is 0 Å². The van der Waals surface area contributed by atoms with Crippen molar-refractivity contribution in [1.82, 2.24) is 9.71 Å². The minimum Gasteiger partial charge on any atom is -0.481 e. The number of sulfonamides is 1. The van der Waals surface area contributed by atoms with E-state index in [9.17, 15) is 13.2 Å².